The molecule has 0 fully saturated rings. The highest BCUT2D eigenvalue weighted by Gasteiger charge is 2.25. The summed E-state index contributed by atoms with van der Waals surface area (Å²) in [5, 5.41) is 3.13. The lowest BCUT2D eigenvalue weighted by atomic mass is 9.93. The molecule has 0 aliphatic rings. The van der Waals surface area contributed by atoms with Crippen molar-refractivity contribution in [2.45, 2.75) is 6.42 Å². The molecule has 1 heterocycles. The van der Waals surface area contributed by atoms with E-state index in [1.165, 1.54) is 5.56 Å². The van der Waals surface area contributed by atoms with Crippen molar-refractivity contribution in [1.82, 2.24) is 10.3 Å². The highest BCUT2D eigenvalue weighted by molar-refractivity contribution is 6.07. The van der Waals surface area contributed by atoms with Crippen LogP contribution in [0.2, 0.25) is 0 Å². The van der Waals surface area contributed by atoms with E-state index in [4.69, 9.17) is 0 Å². The Bertz CT molecular complexity index is 1360. The van der Waals surface area contributed by atoms with E-state index < -0.39 is 0 Å². The topological polar surface area (TPSA) is 44.9 Å². The van der Waals surface area contributed by atoms with Crippen molar-refractivity contribution in [1.29, 1.82) is 0 Å². The van der Waals surface area contributed by atoms with Crippen molar-refractivity contribution in [3.8, 4) is 33.5 Å². The standard InChI is InChI=1S/C31H26N2O/c34-31(32-22-21-23-13-5-1-6-14-23)30-28(25-17-9-3-10-18-25)27(24-15-7-2-8-16-24)29(33-30)26-19-11-4-12-20-26/h1-20,33H,21-22H2,(H,32,34). The van der Waals surface area contributed by atoms with Gasteiger partial charge >= 0.3 is 0 Å². The third kappa shape index (κ3) is 4.55. The van der Waals surface area contributed by atoms with Crippen LogP contribution in [0.25, 0.3) is 33.5 Å². The van der Waals surface area contributed by atoms with Crippen LogP contribution in [0.4, 0.5) is 0 Å². The molecule has 2 N–H and O–H groups in total. The van der Waals surface area contributed by atoms with Gasteiger partial charge in [-0.3, -0.25) is 4.79 Å². The Labute approximate surface area is 200 Å². The van der Waals surface area contributed by atoms with Crippen molar-refractivity contribution in [3.05, 3.63) is 133 Å². The van der Waals surface area contributed by atoms with Crippen LogP contribution in [0, 0.1) is 0 Å². The second-order valence-electron chi connectivity index (χ2n) is 8.21. The third-order valence-corrected chi connectivity index (χ3v) is 5.96. The number of hydrogen-bond acceptors (Lipinski definition) is 1. The number of hydrogen-bond donors (Lipinski definition) is 2. The molecule has 5 rings (SSSR count). The van der Waals surface area contributed by atoms with Crippen LogP contribution in [0.1, 0.15) is 16.1 Å². The van der Waals surface area contributed by atoms with E-state index >= 15 is 0 Å². The minimum atomic E-state index is -0.103. The van der Waals surface area contributed by atoms with Crippen LogP contribution in [-0.4, -0.2) is 17.4 Å². The molecule has 0 saturated heterocycles. The molecule has 0 unspecified atom stereocenters. The molecular formula is C31H26N2O. The summed E-state index contributed by atoms with van der Waals surface area (Å²) in [6.45, 7) is 0.567. The molecule has 1 amide bonds. The van der Waals surface area contributed by atoms with Gasteiger partial charge in [0.05, 0.1) is 5.69 Å². The first-order valence-corrected chi connectivity index (χ1v) is 11.6. The zero-order valence-corrected chi connectivity index (χ0v) is 18.9. The summed E-state index contributed by atoms with van der Waals surface area (Å²) >= 11 is 0. The Morgan fingerprint density at radius 2 is 1.06 bits per heavy atom. The molecule has 0 saturated carbocycles. The van der Waals surface area contributed by atoms with Crippen molar-refractivity contribution in [2.75, 3.05) is 6.54 Å². The molecule has 0 aliphatic carbocycles. The molecule has 1 aromatic heterocycles. The van der Waals surface area contributed by atoms with E-state index in [0.717, 1.165) is 39.9 Å². The Morgan fingerprint density at radius 1 is 0.588 bits per heavy atom. The molecule has 5 aromatic rings. The zero-order chi connectivity index (χ0) is 23.2. The summed E-state index contributed by atoms with van der Waals surface area (Å²) in [6.07, 6.45) is 0.783. The lowest BCUT2D eigenvalue weighted by Gasteiger charge is -2.10. The summed E-state index contributed by atoms with van der Waals surface area (Å²) in [4.78, 5) is 17.0. The molecule has 3 nitrogen and oxygen atoms in total. The van der Waals surface area contributed by atoms with E-state index in [9.17, 15) is 4.79 Å². The van der Waals surface area contributed by atoms with Crippen molar-refractivity contribution < 1.29 is 4.79 Å². The van der Waals surface area contributed by atoms with Crippen LogP contribution in [0.5, 0.6) is 0 Å². The molecule has 0 bridgehead atoms. The van der Waals surface area contributed by atoms with Gasteiger partial charge in [-0.15, -0.1) is 0 Å². The van der Waals surface area contributed by atoms with Crippen LogP contribution in [0.3, 0.4) is 0 Å². The number of H-pyrrole nitrogens is 1. The number of carbonyl (C=O) groups is 1. The summed E-state index contributed by atoms with van der Waals surface area (Å²) in [6, 6.07) is 40.8. The number of rotatable bonds is 7. The molecule has 34 heavy (non-hydrogen) atoms. The Balaban J connectivity index is 1.61. The first-order valence-electron chi connectivity index (χ1n) is 11.6. The Kier molecular flexibility index (Phi) is 6.35. The van der Waals surface area contributed by atoms with Gasteiger partial charge in [0.25, 0.3) is 5.91 Å². The highest BCUT2D eigenvalue weighted by Crippen LogP contribution is 2.42. The minimum Gasteiger partial charge on any atom is -0.350 e. The first kappa shape index (κ1) is 21.5. The smallest absolute Gasteiger partial charge is 0.268 e. The lowest BCUT2D eigenvalue weighted by molar-refractivity contribution is 0.0950. The SMILES string of the molecule is O=C(NCCc1ccccc1)c1[nH]c(-c2ccccc2)c(-c2ccccc2)c1-c1ccccc1. The van der Waals surface area contributed by atoms with Gasteiger partial charge in [0.15, 0.2) is 0 Å². The quantitative estimate of drug-likeness (QED) is 0.280. The van der Waals surface area contributed by atoms with Crippen LogP contribution < -0.4 is 5.32 Å². The molecule has 0 radical (unpaired) electrons. The average Bonchev–Trinajstić information content (AvgIpc) is 3.32. The maximum Gasteiger partial charge on any atom is 0.268 e. The monoisotopic (exact) mass is 442 g/mol. The minimum absolute atomic E-state index is 0.103. The zero-order valence-electron chi connectivity index (χ0n) is 18.9. The van der Waals surface area contributed by atoms with Gasteiger partial charge in [-0.1, -0.05) is 121 Å². The second-order valence-corrected chi connectivity index (χ2v) is 8.21. The molecule has 0 atom stereocenters. The van der Waals surface area contributed by atoms with Crippen LogP contribution >= 0.6 is 0 Å². The molecule has 0 spiro atoms. The van der Waals surface area contributed by atoms with Gasteiger partial charge in [-0.05, 0) is 28.7 Å². The van der Waals surface area contributed by atoms with E-state index in [1.807, 2.05) is 72.8 Å². The Hall–Kier alpha value is -4.37. The Morgan fingerprint density at radius 3 is 1.62 bits per heavy atom. The van der Waals surface area contributed by atoms with Crippen molar-refractivity contribution in [3.63, 3.8) is 0 Å². The van der Waals surface area contributed by atoms with Gasteiger partial charge in [-0.25, -0.2) is 0 Å². The van der Waals surface area contributed by atoms with Crippen LogP contribution in [-0.2, 0) is 6.42 Å². The number of aromatic nitrogens is 1. The largest absolute Gasteiger partial charge is 0.350 e. The molecule has 4 aromatic carbocycles. The number of amides is 1. The number of aromatic amines is 1. The normalized spacial score (nSPS) is 10.7. The van der Waals surface area contributed by atoms with Gasteiger partial charge in [0.1, 0.15) is 5.69 Å². The van der Waals surface area contributed by atoms with E-state index in [2.05, 4.69) is 58.8 Å². The van der Waals surface area contributed by atoms with Gasteiger partial charge in [0.2, 0.25) is 0 Å². The van der Waals surface area contributed by atoms with E-state index in [1.54, 1.807) is 0 Å². The first-order chi connectivity index (χ1) is 16.8. The number of carbonyl (C=O) groups excluding carboxylic acids is 1. The maximum absolute atomic E-state index is 13.5. The van der Waals surface area contributed by atoms with Gasteiger partial charge < -0.3 is 10.3 Å². The van der Waals surface area contributed by atoms with Gasteiger partial charge in [-0.2, -0.15) is 0 Å². The lowest BCUT2D eigenvalue weighted by Crippen LogP contribution is -2.26. The highest BCUT2D eigenvalue weighted by atomic mass is 16.1. The fourth-order valence-electron chi connectivity index (χ4n) is 4.33. The predicted octanol–water partition coefficient (Wildman–Crippen LogP) is 6.99. The van der Waals surface area contributed by atoms with Crippen LogP contribution in [0.15, 0.2) is 121 Å². The maximum atomic E-state index is 13.5. The fraction of sp³-hybridized carbons (Fsp3) is 0.0645. The average molecular weight is 443 g/mol. The van der Waals surface area contributed by atoms with E-state index in [0.29, 0.717) is 12.2 Å². The number of nitrogens with one attached hydrogen (secondary N) is 2. The summed E-state index contributed by atoms with van der Waals surface area (Å²) < 4.78 is 0. The van der Waals surface area contributed by atoms with E-state index in [-0.39, 0.29) is 5.91 Å². The molecule has 166 valence electrons. The fourth-order valence-corrected chi connectivity index (χ4v) is 4.33. The molecule has 0 aliphatic heterocycles. The molecular weight excluding hydrogens is 416 g/mol. The number of benzene rings is 4. The molecule has 3 heteroatoms. The third-order valence-electron chi connectivity index (χ3n) is 5.96. The summed E-state index contributed by atoms with van der Waals surface area (Å²) in [5.74, 6) is -0.103. The predicted molar refractivity (Wildman–Crippen MR) is 140 cm³/mol. The second kappa shape index (κ2) is 10.1. The summed E-state index contributed by atoms with van der Waals surface area (Å²) in [5.41, 5.74) is 7.80. The van der Waals surface area contributed by atoms with Crippen molar-refractivity contribution >= 4 is 5.91 Å². The van der Waals surface area contributed by atoms with Crippen molar-refractivity contribution in [2.24, 2.45) is 0 Å². The van der Waals surface area contributed by atoms with Gasteiger partial charge in [0, 0.05) is 17.7 Å². The summed E-state index contributed by atoms with van der Waals surface area (Å²) in [7, 11) is 0.